The Morgan fingerprint density at radius 3 is 2.22 bits per heavy atom. The molecule has 1 saturated carbocycles. The van der Waals surface area contributed by atoms with E-state index in [1.54, 1.807) is 27.7 Å². The quantitative estimate of drug-likeness (QED) is 0.714. The smallest absolute Gasteiger partial charge is 0.408 e. The van der Waals surface area contributed by atoms with Crippen molar-refractivity contribution in [3.8, 4) is 0 Å². The molecule has 1 heterocycles. The zero-order chi connectivity index (χ0) is 20.1. The maximum Gasteiger partial charge on any atom is 0.408 e. The molecule has 5 nitrogen and oxygen atoms in total. The first-order valence-corrected chi connectivity index (χ1v) is 10.4. The number of carbonyl (C=O) groups excluding carboxylic acids is 2. The fourth-order valence-corrected chi connectivity index (χ4v) is 4.52. The van der Waals surface area contributed by atoms with Crippen molar-refractivity contribution in [1.29, 1.82) is 0 Å². The summed E-state index contributed by atoms with van der Waals surface area (Å²) in [4.78, 5) is 24.6. The van der Waals surface area contributed by atoms with Crippen LogP contribution in [0, 0.1) is 5.92 Å². The first-order chi connectivity index (χ1) is 12.6. The van der Waals surface area contributed by atoms with Crippen molar-refractivity contribution in [2.45, 2.75) is 108 Å². The van der Waals surface area contributed by atoms with E-state index in [0.717, 1.165) is 38.5 Å². The maximum atomic E-state index is 16.1. The predicted molar refractivity (Wildman–Crippen MR) is 102 cm³/mol. The lowest BCUT2D eigenvalue weighted by molar-refractivity contribution is -0.159. The molecule has 156 valence electrons. The first-order valence-electron chi connectivity index (χ1n) is 10.4. The average Bonchev–Trinajstić information content (AvgIpc) is 2.70. The summed E-state index contributed by atoms with van der Waals surface area (Å²) in [5, 5.41) is 2.80. The second-order valence-corrected chi connectivity index (χ2v) is 9.30. The summed E-state index contributed by atoms with van der Waals surface area (Å²) in [5.74, 6) is -0.161. The molecule has 1 N–H and O–H groups in total. The number of halogens is 1. The van der Waals surface area contributed by atoms with E-state index in [2.05, 4.69) is 5.32 Å². The molecule has 1 aliphatic carbocycles. The van der Waals surface area contributed by atoms with Gasteiger partial charge < -0.3 is 14.8 Å². The van der Waals surface area contributed by atoms with Gasteiger partial charge in [0.05, 0.1) is 12.7 Å². The van der Waals surface area contributed by atoms with Crippen molar-refractivity contribution in [1.82, 2.24) is 5.32 Å². The molecule has 0 unspecified atom stereocenters. The molecule has 3 atom stereocenters. The van der Waals surface area contributed by atoms with Gasteiger partial charge >= 0.3 is 6.09 Å². The SMILES string of the molecule is C[C@H]1C[C@@](F)(C=O)[C@](NC(=O)OC(C)(C)C)(C2CCCCCCCC2)CO1. The van der Waals surface area contributed by atoms with E-state index < -0.39 is 22.9 Å². The fraction of sp³-hybridized carbons (Fsp3) is 0.905. The third-order valence-electron chi connectivity index (χ3n) is 5.88. The summed E-state index contributed by atoms with van der Waals surface area (Å²) in [6.07, 6.45) is 7.29. The van der Waals surface area contributed by atoms with E-state index in [0.29, 0.717) is 6.29 Å². The minimum absolute atomic E-state index is 0.00663. The Kier molecular flexibility index (Phi) is 7.28. The third kappa shape index (κ3) is 5.43. The van der Waals surface area contributed by atoms with E-state index in [-0.39, 0.29) is 25.0 Å². The molecule has 0 spiro atoms. The van der Waals surface area contributed by atoms with Gasteiger partial charge in [0.25, 0.3) is 0 Å². The van der Waals surface area contributed by atoms with Gasteiger partial charge in [0.1, 0.15) is 11.1 Å². The minimum Gasteiger partial charge on any atom is -0.444 e. The van der Waals surface area contributed by atoms with Crippen molar-refractivity contribution in [3.63, 3.8) is 0 Å². The number of alkyl halides is 1. The number of aldehydes is 1. The van der Waals surface area contributed by atoms with Crippen molar-refractivity contribution in [2.24, 2.45) is 5.92 Å². The normalized spacial score (nSPS) is 34.0. The van der Waals surface area contributed by atoms with Crippen LogP contribution in [0.5, 0.6) is 0 Å². The summed E-state index contributed by atoms with van der Waals surface area (Å²) in [7, 11) is 0. The predicted octanol–water partition coefficient (Wildman–Crippen LogP) is 4.72. The van der Waals surface area contributed by atoms with Crippen molar-refractivity contribution in [2.75, 3.05) is 6.61 Å². The summed E-state index contributed by atoms with van der Waals surface area (Å²) < 4.78 is 27.3. The van der Waals surface area contributed by atoms with E-state index in [9.17, 15) is 9.59 Å². The molecule has 1 aliphatic heterocycles. The summed E-state index contributed by atoms with van der Waals surface area (Å²) in [6.45, 7) is 7.05. The van der Waals surface area contributed by atoms with E-state index in [1.807, 2.05) is 0 Å². The van der Waals surface area contributed by atoms with Gasteiger partial charge in [-0.1, -0.05) is 38.5 Å². The van der Waals surface area contributed by atoms with Crippen LogP contribution in [0.25, 0.3) is 0 Å². The van der Waals surface area contributed by atoms with Gasteiger partial charge in [-0.05, 0) is 46.5 Å². The molecular formula is C21H36FNO4. The molecule has 0 aromatic carbocycles. The molecule has 1 saturated heterocycles. The van der Waals surface area contributed by atoms with E-state index >= 15 is 4.39 Å². The molecule has 1 amide bonds. The van der Waals surface area contributed by atoms with Crippen molar-refractivity contribution in [3.05, 3.63) is 0 Å². The molecule has 2 fully saturated rings. The standard InChI is InChI=1S/C21H36FNO4/c1-16-13-20(22,14-24)21(15-26-16,23-18(25)27-19(2,3)4)17-11-9-7-5-6-8-10-12-17/h14,16-17H,5-13,15H2,1-4H3,(H,23,25)/t16-,20+,21+/m0/s1. The van der Waals surface area contributed by atoms with Gasteiger partial charge in [-0.25, -0.2) is 9.18 Å². The summed E-state index contributed by atoms with van der Waals surface area (Å²) in [5.41, 5.74) is -4.25. The molecule has 0 aromatic heterocycles. The molecule has 0 radical (unpaired) electrons. The number of nitrogens with one attached hydrogen (secondary N) is 1. The third-order valence-corrected chi connectivity index (χ3v) is 5.88. The van der Waals surface area contributed by atoms with Crippen LogP contribution in [-0.4, -0.2) is 41.9 Å². The Hall–Kier alpha value is -1.17. The molecule has 6 heteroatoms. The van der Waals surface area contributed by atoms with Gasteiger partial charge in [0.15, 0.2) is 12.0 Å². The second kappa shape index (κ2) is 8.89. The van der Waals surface area contributed by atoms with Gasteiger partial charge in [-0.2, -0.15) is 0 Å². The highest BCUT2D eigenvalue weighted by Gasteiger charge is 2.61. The number of carbonyl (C=O) groups is 2. The first kappa shape index (κ1) is 22.1. The van der Waals surface area contributed by atoms with Crippen LogP contribution in [0.1, 0.15) is 85.5 Å². The number of rotatable bonds is 3. The molecule has 0 bridgehead atoms. The monoisotopic (exact) mass is 385 g/mol. The zero-order valence-electron chi connectivity index (χ0n) is 17.3. The van der Waals surface area contributed by atoms with Crippen LogP contribution in [0.2, 0.25) is 0 Å². The summed E-state index contributed by atoms with van der Waals surface area (Å²) >= 11 is 0. The fourth-order valence-electron chi connectivity index (χ4n) is 4.52. The highest BCUT2D eigenvalue weighted by atomic mass is 19.1. The Bertz CT molecular complexity index is 511. The van der Waals surface area contributed by atoms with Crippen LogP contribution in [0.3, 0.4) is 0 Å². The van der Waals surface area contributed by atoms with Crippen LogP contribution in [0.4, 0.5) is 9.18 Å². The Morgan fingerprint density at radius 2 is 1.70 bits per heavy atom. The highest BCUT2D eigenvalue weighted by molar-refractivity contribution is 5.73. The molecule has 2 aliphatic rings. The topological polar surface area (TPSA) is 64.6 Å². The molecule has 2 rings (SSSR count). The van der Waals surface area contributed by atoms with Crippen molar-refractivity contribution >= 4 is 12.4 Å². The number of alkyl carbamates (subject to hydrolysis) is 1. The number of hydrogen-bond donors (Lipinski definition) is 1. The number of hydrogen-bond acceptors (Lipinski definition) is 4. The number of amides is 1. The van der Waals surface area contributed by atoms with Gasteiger partial charge in [0, 0.05) is 6.42 Å². The lowest BCUT2D eigenvalue weighted by Gasteiger charge is -2.52. The van der Waals surface area contributed by atoms with Crippen LogP contribution < -0.4 is 5.32 Å². The van der Waals surface area contributed by atoms with Crippen LogP contribution in [0.15, 0.2) is 0 Å². The van der Waals surface area contributed by atoms with Gasteiger partial charge in [0.2, 0.25) is 0 Å². The van der Waals surface area contributed by atoms with Crippen LogP contribution >= 0.6 is 0 Å². The summed E-state index contributed by atoms with van der Waals surface area (Å²) in [6, 6.07) is 0. The molecule has 27 heavy (non-hydrogen) atoms. The Labute approximate surface area is 162 Å². The second-order valence-electron chi connectivity index (χ2n) is 9.30. The van der Waals surface area contributed by atoms with Gasteiger partial charge in [-0.15, -0.1) is 0 Å². The van der Waals surface area contributed by atoms with E-state index in [1.165, 1.54) is 12.8 Å². The number of ether oxygens (including phenoxy) is 2. The zero-order valence-corrected chi connectivity index (χ0v) is 17.3. The van der Waals surface area contributed by atoms with Gasteiger partial charge in [-0.3, -0.25) is 4.79 Å². The minimum atomic E-state index is -2.17. The largest absolute Gasteiger partial charge is 0.444 e. The van der Waals surface area contributed by atoms with Crippen LogP contribution in [-0.2, 0) is 14.3 Å². The Morgan fingerprint density at radius 1 is 1.15 bits per heavy atom. The highest BCUT2D eigenvalue weighted by Crippen LogP contribution is 2.45. The average molecular weight is 386 g/mol. The molecule has 0 aromatic rings. The lowest BCUT2D eigenvalue weighted by atomic mass is 9.66. The lowest BCUT2D eigenvalue weighted by Crippen LogP contribution is -2.72. The van der Waals surface area contributed by atoms with Crippen molar-refractivity contribution < 1.29 is 23.5 Å². The Balaban J connectivity index is 2.36. The molecular weight excluding hydrogens is 349 g/mol. The van der Waals surface area contributed by atoms with E-state index in [4.69, 9.17) is 9.47 Å². The maximum absolute atomic E-state index is 16.1.